The Morgan fingerprint density at radius 3 is 2.33 bits per heavy atom. The number of hydrogen-bond donors (Lipinski definition) is 0. The molecule has 0 aromatic heterocycles. The van der Waals surface area contributed by atoms with Gasteiger partial charge in [-0.15, -0.1) is 0 Å². The van der Waals surface area contributed by atoms with E-state index >= 15 is 0 Å². The van der Waals surface area contributed by atoms with Gasteiger partial charge in [0.2, 0.25) is 0 Å². The first-order valence-corrected chi connectivity index (χ1v) is 6.15. The molecule has 0 bridgehead atoms. The largest absolute Gasteiger partial charge is 0.367 e. The summed E-state index contributed by atoms with van der Waals surface area (Å²) < 4.78 is 32.3. The minimum Gasteiger partial charge on any atom is -0.367 e. The zero-order chi connectivity index (χ0) is 13.8. The first-order valence-electron chi connectivity index (χ1n) is 6.15. The molecule has 0 aliphatic carbocycles. The number of ketones is 1. The lowest BCUT2D eigenvalue weighted by molar-refractivity contribution is -0.0253. The van der Waals surface area contributed by atoms with Crippen LogP contribution in [0.15, 0.2) is 18.2 Å². The van der Waals surface area contributed by atoms with Crippen LogP contribution in [0.5, 0.6) is 0 Å². The number of carbonyl (C=O) groups is 1. The standard InChI is InChI=1S/C14H18F2O2/c1-4-14(5-2,18-6-3)13(17)10-8-7-9-11(15)12(10)16/h7-9H,4-6H2,1-3H3. The van der Waals surface area contributed by atoms with Crippen LogP contribution in [0, 0.1) is 11.6 Å². The molecule has 0 spiro atoms. The van der Waals surface area contributed by atoms with E-state index in [1.165, 1.54) is 12.1 Å². The van der Waals surface area contributed by atoms with Crippen molar-refractivity contribution < 1.29 is 18.3 Å². The first kappa shape index (κ1) is 14.8. The highest BCUT2D eigenvalue weighted by Gasteiger charge is 2.37. The summed E-state index contributed by atoms with van der Waals surface area (Å²) >= 11 is 0. The highest BCUT2D eigenvalue weighted by atomic mass is 19.2. The Hall–Kier alpha value is -1.29. The summed E-state index contributed by atoms with van der Waals surface area (Å²) in [6.45, 7) is 5.72. The maximum Gasteiger partial charge on any atom is 0.197 e. The second kappa shape index (κ2) is 6.05. The van der Waals surface area contributed by atoms with Gasteiger partial charge in [0.05, 0.1) is 5.56 Å². The molecule has 0 atom stereocenters. The molecule has 0 aliphatic rings. The summed E-state index contributed by atoms with van der Waals surface area (Å²) in [5.41, 5.74) is -1.31. The Balaban J connectivity index is 3.22. The van der Waals surface area contributed by atoms with Gasteiger partial charge in [-0.05, 0) is 31.9 Å². The Bertz CT molecular complexity index is 426. The molecule has 0 radical (unpaired) electrons. The fourth-order valence-corrected chi connectivity index (χ4v) is 2.04. The lowest BCUT2D eigenvalue weighted by atomic mass is 9.87. The number of halogens is 2. The average molecular weight is 256 g/mol. The Kier molecular flexibility index (Phi) is 4.96. The lowest BCUT2D eigenvalue weighted by Crippen LogP contribution is -2.41. The van der Waals surface area contributed by atoms with Crippen molar-refractivity contribution in [1.29, 1.82) is 0 Å². The van der Waals surface area contributed by atoms with E-state index < -0.39 is 23.0 Å². The minimum absolute atomic E-state index is 0.243. The number of benzene rings is 1. The van der Waals surface area contributed by atoms with E-state index in [4.69, 9.17) is 4.74 Å². The zero-order valence-corrected chi connectivity index (χ0v) is 10.9. The van der Waals surface area contributed by atoms with Crippen LogP contribution in [0.25, 0.3) is 0 Å². The fourth-order valence-electron chi connectivity index (χ4n) is 2.04. The zero-order valence-electron chi connectivity index (χ0n) is 10.9. The molecule has 0 saturated carbocycles. The summed E-state index contributed by atoms with van der Waals surface area (Å²) in [5.74, 6) is -2.61. The van der Waals surface area contributed by atoms with Crippen molar-refractivity contribution in [3.8, 4) is 0 Å². The van der Waals surface area contributed by atoms with Crippen LogP contribution in [0.2, 0.25) is 0 Å². The predicted molar refractivity (Wildman–Crippen MR) is 65.6 cm³/mol. The number of ether oxygens (including phenoxy) is 1. The van der Waals surface area contributed by atoms with Gasteiger partial charge in [0, 0.05) is 6.61 Å². The molecule has 0 saturated heterocycles. The molecule has 1 aromatic carbocycles. The van der Waals surface area contributed by atoms with Crippen molar-refractivity contribution in [2.75, 3.05) is 6.61 Å². The predicted octanol–water partition coefficient (Wildman–Crippen LogP) is 3.74. The van der Waals surface area contributed by atoms with Gasteiger partial charge in [-0.3, -0.25) is 4.79 Å². The molecule has 0 heterocycles. The lowest BCUT2D eigenvalue weighted by Gasteiger charge is -2.30. The van der Waals surface area contributed by atoms with Crippen LogP contribution in [0.3, 0.4) is 0 Å². The van der Waals surface area contributed by atoms with Gasteiger partial charge in [-0.2, -0.15) is 0 Å². The van der Waals surface area contributed by atoms with E-state index in [0.29, 0.717) is 19.4 Å². The molecule has 0 fully saturated rings. The molecule has 18 heavy (non-hydrogen) atoms. The van der Waals surface area contributed by atoms with E-state index in [1.54, 1.807) is 20.8 Å². The summed E-state index contributed by atoms with van der Waals surface area (Å²) in [6.07, 6.45) is 0.845. The van der Waals surface area contributed by atoms with E-state index in [9.17, 15) is 13.6 Å². The molecule has 1 rings (SSSR count). The highest BCUT2D eigenvalue weighted by molar-refractivity contribution is 6.02. The van der Waals surface area contributed by atoms with Crippen LogP contribution >= 0.6 is 0 Å². The maximum atomic E-state index is 13.6. The van der Waals surface area contributed by atoms with E-state index in [0.717, 1.165) is 6.07 Å². The summed E-state index contributed by atoms with van der Waals surface area (Å²) in [7, 11) is 0. The van der Waals surface area contributed by atoms with Crippen molar-refractivity contribution in [2.24, 2.45) is 0 Å². The Morgan fingerprint density at radius 2 is 1.83 bits per heavy atom. The molecule has 0 amide bonds. The van der Waals surface area contributed by atoms with Crippen LogP contribution in [-0.2, 0) is 4.74 Å². The molecular weight excluding hydrogens is 238 g/mol. The fraction of sp³-hybridized carbons (Fsp3) is 0.500. The van der Waals surface area contributed by atoms with E-state index in [-0.39, 0.29) is 5.56 Å². The summed E-state index contributed by atoms with van der Waals surface area (Å²) in [4.78, 5) is 12.4. The Labute approximate surface area is 106 Å². The van der Waals surface area contributed by atoms with Gasteiger partial charge < -0.3 is 4.74 Å². The van der Waals surface area contributed by atoms with Crippen molar-refractivity contribution in [3.05, 3.63) is 35.4 Å². The van der Waals surface area contributed by atoms with Crippen molar-refractivity contribution in [2.45, 2.75) is 39.2 Å². The van der Waals surface area contributed by atoms with Crippen LogP contribution in [0.4, 0.5) is 8.78 Å². The van der Waals surface area contributed by atoms with Crippen molar-refractivity contribution in [1.82, 2.24) is 0 Å². The molecule has 100 valence electrons. The van der Waals surface area contributed by atoms with Crippen LogP contribution in [-0.4, -0.2) is 18.0 Å². The second-order valence-electron chi connectivity index (χ2n) is 4.06. The second-order valence-corrected chi connectivity index (χ2v) is 4.06. The molecular formula is C14H18F2O2. The van der Waals surface area contributed by atoms with E-state index in [2.05, 4.69) is 0 Å². The quantitative estimate of drug-likeness (QED) is 0.725. The number of carbonyl (C=O) groups excluding carboxylic acids is 1. The number of Topliss-reactive ketones (excluding diaryl/α,β-unsaturated/α-hetero) is 1. The van der Waals surface area contributed by atoms with Gasteiger partial charge in [0.15, 0.2) is 17.4 Å². The third kappa shape index (κ3) is 2.58. The monoisotopic (exact) mass is 256 g/mol. The molecule has 1 aromatic rings. The normalized spacial score (nSPS) is 11.6. The molecule has 4 heteroatoms. The molecule has 0 aliphatic heterocycles. The Morgan fingerprint density at radius 1 is 1.22 bits per heavy atom. The summed E-state index contributed by atoms with van der Waals surface area (Å²) in [5, 5.41) is 0. The molecule has 0 N–H and O–H groups in total. The van der Waals surface area contributed by atoms with E-state index in [1.807, 2.05) is 0 Å². The van der Waals surface area contributed by atoms with Gasteiger partial charge in [0.25, 0.3) is 0 Å². The minimum atomic E-state index is -1.10. The topological polar surface area (TPSA) is 26.3 Å². The summed E-state index contributed by atoms with van der Waals surface area (Å²) in [6, 6.07) is 3.61. The molecule has 0 unspecified atom stereocenters. The van der Waals surface area contributed by atoms with Gasteiger partial charge in [-0.25, -0.2) is 8.78 Å². The van der Waals surface area contributed by atoms with Crippen molar-refractivity contribution in [3.63, 3.8) is 0 Å². The van der Waals surface area contributed by atoms with Gasteiger partial charge in [-0.1, -0.05) is 19.9 Å². The average Bonchev–Trinajstić information content (AvgIpc) is 2.38. The smallest absolute Gasteiger partial charge is 0.197 e. The third-order valence-electron chi connectivity index (χ3n) is 3.17. The first-order chi connectivity index (χ1) is 8.52. The van der Waals surface area contributed by atoms with Crippen LogP contribution < -0.4 is 0 Å². The number of hydrogen-bond acceptors (Lipinski definition) is 2. The van der Waals surface area contributed by atoms with Gasteiger partial charge >= 0.3 is 0 Å². The highest BCUT2D eigenvalue weighted by Crippen LogP contribution is 2.27. The number of rotatable bonds is 6. The van der Waals surface area contributed by atoms with Gasteiger partial charge in [0.1, 0.15) is 5.60 Å². The van der Waals surface area contributed by atoms with Crippen LogP contribution in [0.1, 0.15) is 44.0 Å². The molecule has 2 nitrogen and oxygen atoms in total. The third-order valence-corrected chi connectivity index (χ3v) is 3.17. The SMILES string of the molecule is CCOC(CC)(CC)C(=O)c1cccc(F)c1F. The maximum absolute atomic E-state index is 13.6. The van der Waals surface area contributed by atoms with Crippen molar-refractivity contribution >= 4 is 5.78 Å².